The molecule has 0 amide bonds. The van der Waals surface area contributed by atoms with Gasteiger partial charge in [0.05, 0.1) is 26.0 Å². The van der Waals surface area contributed by atoms with Gasteiger partial charge in [-0.25, -0.2) is 4.98 Å². The third-order valence-electron chi connectivity index (χ3n) is 2.50. The highest BCUT2D eigenvalue weighted by atomic mass is 16.5. The number of oxazole rings is 1. The van der Waals surface area contributed by atoms with Gasteiger partial charge in [-0.05, 0) is 18.6 Å². The van der Waals surface area contributed by atoms with Crippen LogP contribution in [0.2, 0.25) is 0 Å². The fourth-order valence-corrected chi connectivity index (χ4v) is 1.72. The number of aromatic nitrogens is 1. The van der Waals surface area contributed by atoms with Crippen molar-refractivity contribution in [2.75, 3.05) is 20.0 Å². The monoisotopic (exact) mass is 234 g/mol. The van der Waals surface area contributed by atoms with E-state index in [9.17, 15) is 0 Å². The average Bonchev–Trinajstić information content (AvgIpc) is 2.74. The summed E-state index contributed by atoms with van der Waals surface area (Å²) in [6.45, 7) is 1.94. The van der Waals surface area contributed by atoms with E-state index in [1.54, 1.807) is 26.5 Å². The predicted molar refractivity (Wildman–Crippen MR) is 64.2 cm³/mol. The van der Waals surface area contributed by atoms with Crippen LogP contribution >= 0.6 is 0 Å². The summed E-state index contributed by atoms with van der Waals surface area (Å²) in [6.07, 6.45) is 1.58. The van der Waals surface area contributed by atoms with E-state index in [0.717, 1.165) is 16.9 Å². The standard InChI is InChI=1S/C12H14N2O3/c1-7-4-8(15-2)5-9(16-3)11(7)10-6-14-12(13)17-10/h4-6H,1-3H3,(H2,13,14). The number of ether oxygens (including phenoxy) is 2. The Morgan fingerprint density at radius 2 is 2.00 bits per heavy atom. The van der Waals surface area contributed by atoms with E-state index in [1.807, 2.05) is 13.0 Å². The third-order valence-corrected chi connectivity index (χ3v) is 2.50. The van der Waals surface area contributed by atoms with Gasteiger partial charge in [-0.1, -0.05) is 0 Å². The van der Waals surface area contributed by atoms with Gasteiger partial charge in [0, 0.05) is 6.07 Å². The predicted octanol–water partition coefficient (Wildman–Crippen LogP) is 2.25. The van der Waals surface area contributed by atoms with Crippen LogP contribution in [-0.2, 0) is 0 Å². The largest absolute Gasteiger partial charge is 0.497 e. The van der Waals surface area contributed by atoms with E-state index >= 15 is 0 Å². The Morgan fingerprint density at radius 3 is 2.53 bits per heavy atom. The van der Waals surface area contributed by atoms with Gasteiger partial charge in [0.2, 0.25) is 0 Å². The molecular weight excluding hydrogens is 220 g/mol. The van der Waals surface area contributed by atoms with Crippen LogP contribution in [-0.4, -0.2) is 19.2 Å². The Hall–Kier alpha value is -2.17. The molecule has 0 saturated heterocycles. The van der Waals surface area contributed by atoms with Crippen LogP contribution in [0.4, 0.5) is 6.01 Å². The van der Waals surface area contributed by atoms with Crippen molar-refractivity contribution in [3.63, 3.8) is 0 Å². The van der Waals surface area contributed by atoms with Gasteiger partial charge in [-0.2, -0.15) is 0 Å². The van der Waals surface area contributed by atoms with E-state index in [-0.39, 0.29) is 6.01 Å². The fourth-order valence-electron chi connectivity index (χ4n) is 1.72. The minimum absolute atomic E-state index is 0.136. The molecule has 0 bridgehead atoms. The van der Waals surface area contributed by atoms with Crippen molar-refractivity contribution < 1.29 is 13.9 Å². The van der Waals surface area contributed by atoms with Gasteiger partial charge < -0.3 is 19.6 Å². The molecule has 0 aliphatic heterocycles. The van der Waals surface area contributed by atoms with Crippen molar-refractivity contribution >= 4 is 6.01 Å². The van der Waals surface area contributed by atoms with Gasteiger partial charge in [0.15, 0.2) is 5.76 Å². The summed E-state index contributed by atoms with van der Waals surface area (Å²) in [6, 6.07) is 3.83. The molecule has 5 heteroatoms. The molecule has 0 aliphatic carbocycles. The van der Waals surface area contributed by atoms with E-state index < -0.39 is 0 Å². The maximum atomic E-state index is 5.47. The Kier molecular flexibility index (Phi) is 2.91. The quantitative estimate of drug-likeness (QED) is 0.881. The van der Waals surface area contributed by atoms with E-state index in [2.05, 4.69) is 4.98 Å². The molecule has 2 aromatic rings. The lowest BCUT2D eigenvalue weighted by Gasteiger charge is -2.11. The first-order chi connectivity index (χ1) is 8.15. The van der Waals surface area contributed by atoms with Crippen molar-refractivity contribution in [1.82, 2.24) is 4.98 Å². The maximum absolute atomic E-state index is 5.47. The third kappa shape index (κ3) is 2.04. The number of nitrogens with zero attached hydrogens (tertiary/aromatic N) is 1. The molecular formula is C12H14N2O3. The molecule has 0 saturated carbocycles. The first-order valence-electron chi connectivity index (χ1n) is 5.10. The van der Waals surface area contributed by atoms with Gasteiger partial charge in [0.1, 0.15) is 11.5 Å². The molecule has 0 aliphatic rings. The number of nitrogen functional groups attached to an aromatic ring is 1. The van der Waals surface area contributed by atoms with Crippen LogP contribution in [0.3, 0.4) is 0 Å². The van der Waals surface area contributed by atoms with Crippen LogP contribution in [0, 0.1) is 6.92 Å². The summed E-state index contributed by atoms with van der Waals surface area (Å²) in [5.74, 6) is 1.98. The number of hydrogen-bond donors (Lipinski definition) is 1. The number of aryl methyl sites for hydroxylation is 1. The van der Waals surface area contributed by atoms with Gasteiger partial charge in [0.25, 0.3) is 6.01 Å². The van der Waals surface area contributed by atoms with Gasteiger partial charge >= 0.3 is 0 Å². The summed E-state index contributed by atoms with van der Waals surface area (Å²) < 4.78 is 15.8. The molecule has 2 N–H and O–H groups in total. The summed E-state index contributed by atoms with van der Waals surface area (Å²) in [4.78, 5) is 3.88. The molecule has 5 nitrogen and oxygen atoms in total. The highest BCUT2D eigenvalue weighted by Gasteiger charge is 2.15. The molecule has 0 fully saturated rings. The maximum Gasteiger partial charge on any atom is 0.292 e. The first-order valence-corrected chi connectivity index (χ1v) is 5.10. The highest BCUT2D eigenvalue weighted by Crippen LogP contribution is 2.37. The number of benzene rings is 1. The van der Waals surface area contributed by atoms with E-state index in [4.69, 9.17) is 19.6 Å². The summed E-state index contributed by atoms with van der Waals surface area (Å²) in [5, 5.41) is 0. The molecule has 90 valence electrons. The number of rotatable bonds is 3. The highest BCUT2D eigenvalue weighted by molar-refractivity contribution is 5.71. The van der Waals surface area contributed by atoms with Crippen molar-refractivity contribution in [3.8, 4) is 22.8 Å². The van der Waals surface area contributed by atoms with Crippen molar-refractivity contribution in [3.05, 3.63) is 23.9 Å². The van der Waals surface area contributed by atoms with Crippen molar-refractivity contribution in [1.29, 1.82) is 0 Å². The summed E-state index contributed by atoms with van der Waals surface area (Å²) in [5.41, 5.74) is 7.27. The zero-order valence-corrected chi connectivity index (χ0v) is 9.98. The minimum Gasteiger partial charge on any atom is -0.497 e. The normalized spacial score (nSPS) is 10.3. The van der Waals surface area contributed by atoms with E-state index in [0.29, 0.717) is 11.5 Å². The average molecular weight is 234 g/mol. The number of hydrogen-bond acceptors (Lipinski definition) is 5. The number of methoxy groups -OCH3 is 2. The number of nitrogens with two attached hydrogens (primary N) is 1. The zero-order chi connectivity index (χ0) is 12.4. The fraction of sp³-hybridized carbons (Fsp3) is 0.250. The minimum atomic E-state index is 0.136. The summed E-state index contributed by atoms with van der Waals surface area (Å²) in [7, 11) is 3.21. The Balaban J connectivity index is 2.60. The summed E-state index contributed by atoms with van der Waals surface area (Å²) >= 11 is 0. The first kappa shape index (κ1) is 11.3. The molecule has 0 spiro atoms. The second-order valence-corrected chi connectivity index (χ2v) is 3.58. The van der Waals surface area contributed by atoms with Crippen LogP contribution < -0.4 is 15.2 Å². The lowest BCUT2D eigenvalue weighted by Crippen LogP contribution is -1.93. The molecule has 0 radical (unpaired) electrons. The number of anilines is 1. The van der Waals surface area contributed by atoms with Crippen LogP contribution in [0.25, 0.3) is 11.3 Å². The van der Waals surface area contributed by atoms with Gasteiger partial charge in [-0.15, -0.1) is 0 Å². The zero-order valence-electron chi connectivity index (χ0n) is 9.98. The van der Waals surface area contributed by atoms with Crippen molar-refractivity contribution in [2.45, 2.75) is 6.92 Å². The van der Waals surface area contributed by atoms with Crippen molar-refractivity contribution in [2.24, 2.45) is 0 Å². The lowest BCUT2D eigenvalue weighted by atomic mass is 10.1. The molecule has 1 heterocycles. The van der Waals surface area contributed by atoms with Gasteiger partial charge in [-0.3, -0.25) is 0 Å². The molecule has 1 aromatic heterocycles. The second kappa shape index (κ2) is 4.37. The SMILES string of the molecule is COc1cc(C)c(-c2cnc(N)o2)c(OC)c1. The second-order valence-electron chi connectivity index (χ2n) is 3.58. The molecule has 17 heavy (non-hydrogen) atoms. The smallest absolute Gasteiger partial charge is 0.292 e. The van der Waals surface area contributed by atoms with Crippen LogP contribution in [0.5, 0.6) is 11.5 Å². The Bertz CT molecular complexity index is 535. The molecule has 2 rings (SSSR count). The van der Waals surface area contributed by atoms with E-state index in [1.165, 1.54) is 0 Å². The lowest BCUT2D eigenvalue weighted by molar-refractivity contribution is 0.394. The molecule has 1 aromatic carbocycles. The Labute approximate surface area is 99.2 Å². The molecule has 0 unspecified atom stereocenters. The van der Waals surface area contributed by atoms with Crippen LogP contribution in [0.1, 0.15) is 5.56 Å². The molecule has 0 atom stereocenters. The topological polar surface area (TPSA) is 70.5 Å². The Morgan fingerprint density at radius 1 is 1.24 bits per heavy atom. The van der Waals surface area contributed by atoms with Crippen LogP contribution in [0.15, 0.2) is 22.7 Å².